The van der Waals surface area contributed by atoms with Gasteiger partial charge in [0.05, 0.1) is 6.42 Å². The van der Waals surface area contributed by atoms with Gasteiger partial charge < -0.3 is 4.74 Å². The summed E-state index contributed by atoms with van der Waals surface area (Å²) < 4.78 is 5.27. The summed E-state index contributed by atoms with van der Waals surface area (Å²) in [6.45, 7) is 0. The first-order valence-corrected chi connectivity index (χ1v) is 4.48. The summed E-state index contributed by atoms with van der Waals surface area (Å²) in [6.07, 6.45) is 6.04. The largest absolute Gasteiger partial charge is 0.462 e. The third kappa shape index (κ3) is 0.608. The molecule has 60 valence electrons. The van der Waals surface area contributed by atoms with Gasteiger partial charge in [-0.15, -0.1) is 0 Å². The molecule has 0 unspecified atom stereocenters. The van der Waals surface area contributed by atoms with Crippen molar-refractivity contribution in [3.8, 4) is 0 Å². The van der Waals surface area contributed by atoms with Crippen molar-refractivity contribution in [1.82, 2.24) is 0 Å². The summed E-state index contributed by atoms with van der Waals surface area (Å²) in [7, 11) is 0. The number of rotatable bonds is 0. The van der Waals surface area contributed by atoms with Gasteiger partial charge in [0.1, 0.15) is 6.10 Å². The minimum atomic E-state index is 0.0513. The minimum absolute atomic E-state index is 0.0513. The molecule has 3 atom stereocenters. The molecule has 3 fully saturated rings. The number of fused-ring (bicyclic) bond motifs is 1. The summed E-state index contributed by atoms with van der Waals surface area (Å²) in [4.78, 5) is 11.0. The van der Waals surface area contributed by atoms with Crippen LogP contribution < -0.4 is 0 Å². The molecule has 1 spiro atoms. The van der Waals surface area contributed by atoms with Crippen LogP contribution in [0.2, 0.25) is 0 Å². The fraction of sp³-hybridized carbons (Fsp3) is 0.889. The number of ether oxygens (including phenoxy) is 1. The fourth-order valence-corrected chi connectivity index (χ4v) is 3.25. The second-order valence-electron chi connectivity index (χ2n) is 4.36. The van der Waals surface area contributed by atoms with Gasteiger partial charge in [0, 0.05) is 5.41 Å². The molecule has 2 bridgehead atoms. The van der Waals surface area contributed by atoms with Crippen molar-refractivity contribution in [2.75, 3.05) is 0 Å². The van der Waals surface area contributed by atoms with Crippen molar-refractivity contribution >= 4 is 5.97 Å². The zero-order chi connectivity index (χ0) is 7.47. The van der Waals surface area contributed by atoms with E-state index < -0.39 is 0 Å². The Kier molecular flexibility index (Phi) is 0.890. The molecule has 0 aromatic heterocycles. The lowest BCUT2D eigenvalue weighted by Gasteiger charge is -2.24. The highest BCUT2D eigenvalue weighted by Crippen LogP contribution is 2.60. The molecule has 2 aliphatic carbocycles. The molecule has 11 heavy (non-hydrogen) atoms. The Morgan fingerprint density at radius 3 is 3.18 bits per heavy atom. The number of esters is 1. The van der Waals surface area contributed by atoms with Crippen LogP contribution in [0, 0.1) is 11.3 Å². The molecule has 3 aliphatic rings. The van der Waals surface area contributed by atoms with Gasteiger partial charge in [0.15, 0.2) is 0 Å². The molecule has 0 amide bonds. The van der Waals surface area contributed by atoms with Crippen LogP contribution in [-0.2, 0) is 9.53 Å². The first-order valence-electron chi connectivity index (χ1n) is 4.48. The van der Waals surface area contributed by atoms with E-state index in [2.05, 4.69) is 0 Å². The smallest absolute Gasteiger partial charge is 0.306 e. The summed E-state index contributed by atoms with van der Waals surface area (Å²) in [5.74, 6) is 0.934. The Morgan fingerprint density at radius 2 is 2.45 bits per heavy atom. The zero-order valence-corrected chi connectivity index (χ0v) is 6.51. The predicted octanol–water partition coefficient (Wildman–Crippen LogP) is 1.49. The standard InChI is InChI=1S/C9H12O2/c10-8-5-9-2-1-6(4-9)3-7(9)11-8/h6-7H,1-5H2/t6-,7-,9-/m0/s1. The van der Waals surface area contributed by atoms with Gasteiger partial charge in [-0.05, 0) is 31.6 Å². The van der Waals surface area contributed by atoms with Gasteiger partial charge in [-0.2, -0.15) is 0 Å². The lowest BCUT2D eigenvalue weighted by molar-refractivity contribution is -0.142. The van der Waals surface area contributed by atoms with Gasteiger partial charge in [-0.1, -0.05) is 0 Å². The quantitative estimate of drug-likeness (QED) is 0.491. The molecular weight excluding hydrogens is 140 g/mol. The van der Waals surface area contributed by atoms with Crippen molar-refractivity contribution in [1.29, 1.82) is 0 Å². The molecule has 2 heteroatoms. The fourth-order valence-electron chi connectivity index (χ4n) is 3.25. The molecule has 0 aromatic carbocycles. The monoisotopic (exact) mass is 152 g/mol. The van der Waals surface area contributed by atoms with E-state index in [1.807, 2.05) is 0 Å². The van der Waals surface area contributed by atoms with E-state index in [0.29, 0.717) is 17.9 Å². The normalized spacial score (nSPS) is 52.9. The van der Waals surface area contributed by atoms with Crippen molar-refractivity contribution < 1.29 is 9.53 Å². The maximum atomic E-state index is 11.0. The predicted molar refractivity (Wildman–Crippen MR) is 38.9 cm³/mol. The van der Waals surface area contributed by atoms with E-state index in [1.165, 1.54) is 19.3 Å². The third-order valence-corrected chi connectivity index (χ3v) is 3.75. The number of carbonyl (C=O) groups is 1. The molecule has 1 saturated heterocycles. The van der Waals surface area contributed by atoms with Gasteiger partial charge in [-0.3, -0.25) is 4.79 Å². The maximum absolute atomic E-state index is 11.0. The molecule has 0 aromatic rings. The molecular formula is C9H12O2. The lowest BCUT2D eigenvalue weighted by atomic mass is 9.81. The summed E-state index contributed by atoms with van der Waals surface area (Å²) in [6, 6.07) is 0. The Morgan fingerprint density at radius 1 is 1.55 bits per heavy atom. The van der Waals surface area contributed by atoms with E-state index in [0.717, 1.165) is 12.3 Å². The van der Waals surface area contributed by atoms with Crippen LogP contribution in [0.4, 0.5) is 0 Å². The van der Waals surface area contributed by atoms with Gasteiger partial charge in [0.2, 0.25) is 0 Å². The van der Waals surface area contributed by atoms with Crippen LogP contribution in [-0.4, -0.2) is 12.1 Å². The topological polar surface area (TPSA) is 26.3 Å². The summed E-state index contributed by atoms with van der Waals surface area (Å²) in [5.41, 5.74) is 0.321. The van der Waals surface area contributed by atoms with Crippen LogP contribution >= 0.6 is 0 Å². The summed E-state index contributed by atoms with van der Waals surface area (Å²) >= 11 is 0. The summed E-state index contributed by atoms with van der Waals surface area (Å²) in [5, 5.41) is 0. The lowest BCUT2D eigenvalue weighted by Crippen LogP contribution is -2.24. The van der Waals surface area contributed by atoms with Crippen molar-refractivity contribution in [3.05, 3.63) is 0 Å². The van der Waals surface area contributed by atoms with Gasteiger partial charge in [0.25, 0.3) is 0 Å². The zero-order valence-electron chi connectivity index (χ0n) is 6.51. The average Bonchev–Trinajstić information content (AvgIpc) is 2.48. The van der Waals surface area contributed by atoms with E-state index in [-0.39, 0.29) is 5.97 Å². The molecule has 2 nitrogen and oxygen atoms in total. The number of carbonyl (C=O) groups excluding carboxylic acids is 1. The van der Waals surface area contributed by atoms with Crippen LogP contribution in [0.5, 0.6) is 0 Å². The van der Waals surface area contributed by atoms with Crippen molar-refractivity contribution in [2.45, 2.75) is 38.2 Å². The van der Waals surface area contributed by atoms with E-state index >= 15 is 0 Å². The highest BCUT2D eigenvalue weighted by molar-refractivity contribution is 5.73. The second kappa shape index (κ2) is 1.62. The van der Waals surface area contributed by atoms with Crippen molar-refractivity contribution in [2.24, 2.45) is 11.3 Å². The van der Waals surface area contributed by atoms with Crippen LogP contribution in [0.3, 0.4) is 0 Å². The second-order valence-corrected chi connectivity index (χ2v) is 4.36. The highest BCUT2D eigenvalue weighted by atomic mass is 16.6. The number of hydrogen-bond donors (Lipinski definition) is 0. The number of hydrogen-bond acceptors (Lipinski definition) is 2. The van der Waals surface area contributed by atoms with E-state index in [1.54, 1.807) is 0 Å². The first-order chi connectivity index (χ1) is 5.28. The van der Waals surface area contributed by atoms with E-state index in [9.17, 15) is 4.79 Å². The van der Waals surface area contributed by atoms with Gasteiger partial charge in [-0.25, -0.2) is 0 Å². The molecule has 0 radical (unpaired) electrons. The van der Waals surface area contributed by atoms with Crippen molar-refractivity contribution in [3.63, 3.8) is 0 Å². The first kappa shape index (κ1) is 6.04. The Hall–Kier alpha value is -0.530. The molecule has 0 N–H and O–H groups in total. The molecule has 3 rings (SSSR count). The van der Waals surface area contributed by atoms with Gasteiger partial charge >= 0.3 is 5.97 Å². The van der Waals surface area contributed by atoms with Crippen LogP contribution in [0.25, 0.3) is 0 Å². The molecule has 2 saturated carbocycles. The van der Waals surface area contributed by atoms with Crippen LogP contribution in [0.1, 0.15) is 32.1 Å². The maximum Gasteiger partial charge on any atom is 0.306 e. The molecule has 1 aliphatic heterocycles. The molecule has 1 heterocycles. The minimum Gasteiger partial charge on any atom is -0.462 e. The Bertz CT molecular complexity index is 224. The van der Waals surface area contributed by atoms with Crippen LogP contribution in [0.15, 0.2) is 0 Å². The Labute approximate surface area is 65.9 Å². The van der Waals surface area contributed by atoms with E-state index in [4.69, 9.17) is 4.74 Å². The highest BCUT2D eigenvalue weighted by Gasteiger charge is 2.58. The average molecular weight is 152 g/mol. The SMILES string of the molecule is O=C1C[C@@]23CC[C@@H](C[C@@H]2O1)C3. The Balaban J connectivity index is 1.99. The third-order valence-electron chi connectivity index (χ3n) is 3.75.